The highest BCUT2D eigenvalue weighted by Crippen LogP contribution is 2.29. The van der Waals surface area contributed by atoms with E-state index >= 15 is 0 Å². The molecule has 3 aromatic rings. The monoisotopic (exact) mass is 395 g/mol. The largest absolute Gasteiger partial charge is 0.466 e. The van der Waals surface area contributed by atoms with Gasteiger partial charge >= 0.3 is 0 Å². The first-order valence-corrected chi connectivity index (χ1v) is 10.4. The molecule has 1 amide bonds. The molecule has 2 N–H and O–H groups in total. The standard InChI is InChI=1S/C16H17N3O5S2/c1-9-6-12(10(2)23-9)13-8-25-16(18-13)19-15(20)14-5-4-11(24-14)7-17-26(3,21)22/h4-6,8,17H,7H2,1-3H3,(H,18,19,20). The topological polar surface area (TPSA) is 114 Å². The molecule has 0 aliphatic heterocycles. The number of nitrogens with zero attached hydrogens (tertiary/aromatic N) is 1. The van der Waals surface area contributed by atoms with Crippen LogP contribution in [-0.2, 0) is 16.6 Å². The van der Waals surface area contributed by atoms with Gasteiger partial charge in [0.05, 0.1) is 18.5 Å². The third kappa shape index (κ3) is 4.40. The molecule has 0 saturated heterocycles. The Kier molecular flexibility index (Phi) is 4.99. The molecule has 0 bridgehead atoms. The number of anilines is 1. The van der Waals surface area contributed by atoms with E-state index in [0.29, 0.717) is 10.9 Å². The summed E-state index contributed by atoms with van der Waals surface area (Å²) in [6, 6.07) is 4.91. The number of hydrogen-bond donors (Lipinski definition) is 2. The molecule has 3 rings (SSSR count). The van der Waals surface area contributed by atoms with Crippen molar-refractivity contribution in [2.24, 2.45) is 0 Å². The van der Waals surface area contributed by atoms with Gasteiger partial charge in [0.15, 0.2) is 10.9 Å². The maximum Gasteiger partial charge on any atom is 0.293 e. The van der Waals surface area contributed by atoms with Gasteiger partial charge in [-0.25, -0.2) is 18.1 Å². The number of aromatic nitrogens is 1. The zero-order valence-electron chi connectivity index (χ0n) is 14.3. The van der Waals surface area contributed by atoms with Crippen LogP contribution in [0.5, 0.6) is 0 Å². The number of carbonyl (C=O) groups is 1. The van der Waals surface area contributed by atoms with Crippen LogP contribution in [-0.4, -0.2) is 25.6 Å². The molecule has 10 heteroatoms. The second-order valence-corrected chi connectivity index (χ2v) is 8.37. The van der Waals surface area contributed by atoms with Gasteiger partial charge in [-0.05, 0) is 32.0 Å². The number of hydrogen-bond acceptors (Lipinski definition) is 7. The third-order valence-corrected chi connectivity index (χ3v) is 4.86. The number of nitrogens with one attached hydrogen (secondary N) is 2. The number of sulfonamides is 1. The fourth-order valence-corrected chi connectivity index (χ4v) is 3.41. The number of carbonyl (C=O) groups excluding carboxylic acids is 1. The van der Waals surface area contributed by atoms with Crippen molar-refractivity contribution in [1.82, 2.24) is 9.71 Å². The molecule has 0 aromatic carbocycles. The zero-order chi connectivity index (χ0) is 18.9. The van der Waals surface area contributed by atoms with E-state index in [-0.39, 0.29) is 12.3 Å². The summed E-state index contributed by atoms with van der Waals surface area (Å²) in [5.41, 5.74) is 1.60. The summed E-state index contributed by atoms with van der Waals surface area (Å²) < 4.78 is 35.3. The summed E-state index contributed by atoms with van der Waals surface area (Å²) in [5, 5.41) is 4.92. The molecule has 0 spiro atoms. The minimum absolute atomic E-state index is 0.0212. The van der Waals surface area contributed by atoms with Gasteiger partial charge in [-0.1, -0.05) is 0 Å². The summed E-state index contributed by atoms with van der Waals surface area (Å²) in [6.45, 7) is 3.69. The van der Waals surface area contributed by atoms with Crippen LogP contribution in [0.3, 0.4) is 0 Å². The summed E-state index contributed by atoms with van der Waals surface area (Å²) in [6.07, 6.45) is 1.05. The molecular formula is C16H17N3O5S2. The Bertz CT molecular complexity index is 1050. The Balaban J connectivity index is 1.67. The predicted molar refractivity (Wildman–Crippen MR) is 97.6 cm³/mol. The molecule has 26 heavy (non-hydrogen) atoms. The van der Waals surface area contributed by atoms with E-state index < -0.39 is 15.9 Å². The molecule has 0 aliphatic rings. The quantitative estimate of drug-likeness (QED) is 0.663. The zero-order valence-corrected chi connectivity index (χ0v) is 16.0. The van der Waals surface area contributed by atoms with Crippen molar-refractivity contribution in [3.63, 3.8) is 0 Å². The van der Waals surface area contributed by atoms with Gasteiger partial charge in [-0.15, -0.1) is 11.3 Å². The van der Waals surface area contributed by atoms with E-state index in [4.69, 9.17) is 8.83 Å². The van der Waals surface area contributed by atoms with Crippen LogP contribution in [0.4, 0.5) is 5.13 Å². The van der Waals surface area contributed by atoms with Gasteiger partial charge in [-0.3, -0.25) is 10.1 Å². The van der Waals surface area contributed by atoms with Crippen molar-refractivity contribution in [1.29, 1.82) is 0 Å². The van der Waals surface area contributed by atoms with Gasteiger partial charge in [0.25, 0.3) is 5.91 Å². The average Bonchev–Trinajstić information content (AvgIpc) is 3.24. The predicted octanol–water partition coefficient (Wildman–Crippen LogP) is 2.91. The molecule has 0 fully saturated rings. The van der Waals surface area contributed by atoms with Crippen LogP contribution < -0.4 is 10.0 Å². The third-order valence-electron chi connectivity index (χ3n) is 3.44. The summed E-state index contributed by atoms with van der Waals surface area (Å²) in [7, 11) is -3.33. The number of rotatable bonds is 6. The molecule has 3 heterocycles. The van der Waals surface area contributed by atoms with E-state index in [1.165, 1.54) is 23.5 Å². The van der Waals surface area contributed by atoms with E-state index in [1.807, 2.05) is 25.3 Å². The average molecular weight is 395 g/mol. The van der Waals surface area contributed by atoms with Crippen LogP contribution in [0.1, 0.15) is 27.8 Å². The number of aryl methyl sites for hydroxylation is 2. The van der Waals surface area contributed by atoms with Gasteiger partial charge < -0.3 is 8.83 Å². The minimum Gasteiger partial charge on any atom is -0.466 e. The Hall–Kier alpha value is -2.43. The van der Waals surface area contributed by atoms with Crippen LogP contribution in [0.2, 0.25) is 0 Å². The fourth-order valence-electron chi connectivity index (χ4n) is 2.30. The van der Waals surface area contributed by atoms with E-state index in [1.54, 1.807) is 0 Å². The Morgan fingerprint density at radius 3 is 2.69 bits per heavy atom. The van der Waals surface area contributed by atoms with Crippen molar-refractivity contribution < 1.29 is 22.0 Å². The second kappa shape index (κ2) is 7.06. The van der Waals surface area contributed by atoms with Crippen LogP contribution >= 0.6 is 11.3 Å². The van der Waals surface area contributed by atoms with Crippen molar-refractivity contribution in [3.8, 4) is 11.3 Å². The highest BCUT2D eigenvalue weighted by atomic mass is 32.2. The van der Waals surface area contributed by atoms with Gasteiger partial charge in [-0.2, -0.15) is 0 Å². The first kappa shape index (κ1) is 18.4. The molecule has 0 aliphatic carbocycles. The second-order valence-electron chi connectivity index (χ2n) is 5.68. The molecule has 138 valence electrons. The molecular weight excluding hydrogens is 378 g/mol. The highest BCUT2D eigenvalue weighted by molar-refractivity contribution is 7.88. The van der Waals surface area contributed by atoms with E-state index in [2.05, 4.69) is 15.0 Å². The Morgan fingerprint density at radius 2 is 2.04 bits per heavy atom. The van der Waals surface area contributed by atoms with Crippen molar-refractivity contribution in [2.75, 3.05) is 11.6 Å². The van der Waals surface area contributed by atoms with Crippen molar-refractivity contribution >= 4 is 32.4 Å². The Labute approximate surface area is 154 Å². The SMILES string of the molecule is Cc1cc(-c2csc(NC(=O)c3ccc(CNS(C)(=O)=O)o3)n2)c(C)o1. The highest BCUT2D eigenvalue weighted by Gasteiger charge is 2.16. The smallest absolute Gasteiger partial charge is 0.293 e. The summed E-state index contributed by atoms with van der Waals surface area (Å²) in [4.78, 5) is 16.6. The molecule has 3 aromatic heterocycles. The van der Waals surface area contributed by atoms with Gasteiger partial charge in [0.2, 0.25) is 10.0 Å². The lowest BCUT2D eigenvalue weighted by Crippen LogP contribution is -2.20. The number of amides is 1. The van der Waals surface area contributed by atoms with Gasteiger partial charge in [0, 0.05) is 10.9 Å². The van der Waals surface area contributed by atoms with Crippen LogP contribution in [0, 0.1) is 13.8 Å². The maximum absolute atomic E-state index is 12.3. The van der Waals surface area contributed by atoms with E-state index in [0.717, 1.165) is 29.0 Å². The van der Waals surface area contributed by atoms with Crippen LogP contribution in [0.25, 0.3) is 11.3 Å². The number of furan rings is 2. The first-order chi connectivity index (χ1) is 12.2. The summed E-state index contributed by atoms with van der Waals surface area (Å²) in [5.74, 6) is 1.51. The van der Waals surface area contributed by atoms with Crippen molar-refractivity contribution in [2.45, 2.75) is 20.4 Å². The van der Waals surface area contributed by atoms with Crippen LogP contribution in [0.15, 0.2) is 32.4 Å². The van der Waals surface area contributed by atoms with Crippen molar-refractivity contribution in [3.05, 3.63) is 46.6 Å². The molecule has 0 unspecified atom stereocenters. The van der Waals surface area contributed by atoms with E-state index in [9.17, 15) is 13.2 Å². The first-order valence-electron chi connectivity index (χ1n) is 7.59. The number of thiazole rings is 1. The molecule has 0 radical (unpaired) electrons. The minimum atomic E-state index is -3.33. The Morgan fingerprint density at radius 1 is 1.27 bits per heavy atom. The lowest BCUT2D eigenvalue weighted by molar-refractivity contribution is 0.0995. The molecule has 8 nitrogen and oxygen atoms in total. The molecule has 0 atom stereocenters. The fraction of sp³-hybridized carbons (Fsp3) is 0.250. The lowest BCUT2D eigenvalue weighted by Gasteiger charge is -2.00. The van der Waals surface area contributed by atoms with Gasteiger partial charge in [0.1, 0.15) is 17.3 Å². The maximum atomic E-state index is 12.3. The molecule has 0 saturated carbocycles. The lowest BCUT2D eigenvalue weighted by atomic mass is 10.2. The summed E-state index contributed by atoms with van der Waals surface area (Å²) >= 11 is 1.29. The normalized spacial score (nSPS) is 11.7.